The van der Waals surface area contributed by atoms with Gasteiger partial charge in [-0.1, -0.05) is 18.5 Å². The zero-order valence-electron chi connectivity index (χ0n) is 9.69. The molecule has 3 N–H and O–H groups in total. The molecule has 0 radical (unpaired) electrons. The zero-order valence-corrected chi connectivity index (χ0v) is 10.4. The summed E-state index contributed by atoms with van der Waals surface area (Å²) < 4.78 is 5.61. The van der Waals surface area contributed by atoms with Crippen LogP contribution in [0.2, 0.25) is 5.02 Å². The molecule has 2 rings (SSSR count). The Morgan fingerprint density at radius 2 is 2.53 bits per heavy atom. The number of nitrogen functional groups attached to an aromatic ring is 1. The van der Waals surface area contributed by atoms with E-state index in [1.54, 1.807) is 6.20 Å². The number of morpholine rings is 1. The van der Waals surface area contributed by atoms with E-state index in [1.165, 1.54) is 0 Å². The van der Waals surface area contributed by atoms with Gasteiger partial charge in [0.2, 0.25) is 5.95 Å². The second-order valence-electron chi connectivity index (χ2n) is 3.86. The molecule has 1 aromatic heterocycles. The van der Waals surface area contributed by atoms with Gasteiger partial charge < -0.3 is 9.64 Å². The molecule has 1 aliphatic heterocycles. The predicted molar refractivity (Wildman–Crippen MR) is 67.1 cm³/mol. The van der Waals surface area contributed by atoms with Crippen LogP contribution in [0.3, 0.4) is 0 Å². The topological polar surface area (TPSA) is 76.3 Å². The molecule has 7 heteroatoms. The van der Waals surface area contributed by atoms with Crippen LogP contribution in [0.25, 0.3) is 0 Å². The Hall–Kier alpha value is -1.11. The summed E-state index contributed by atoms with van der Waals surface area (Å²) in [7, 11) is 0. The largest absolute Gasteiger partial charge is 0.375 e. The molecule has 0 spiro atoms. The van der Waals surface area contributed by atoms with Gasteiger partial charge >= 0.3 is 0 Å². The molecule has 2 heterocycles. The molecule has 0 aliphatic carbocycles. The Kier molecular flexibility index (Phi) is 3.98. The lowest BCUT2D eigenvalue weighted by atomic mass is 10.2. The number of ether oxygens (including phenoxy) is 1. The number of nitrogens with two attached hydrogens (primary N) is 1. The molecule has 1 fully saturated rings. The van der Waals surface area contributed by atoms with Gasteiger partial charge in [0.25, 0.3) is 0 Å². The normalized spacial score (nSPS) is 20.4. The fourth-order valence-electron chi connectivity index (χ4n) is 1.81. The molecule has 6 nitrogen and oxygen atoms in total. The van der Waals surface area contributed by atoms with E-state index in [1.807, 2.05) is 0 Å². The van der Waals surface area contributed by atoms with Crippen LogP contribution in [0.15, 0.2) is 6.20 Å². The first kappa shape index (κ1) is 12.3. The fraction of sp³-hybridized carbons (Fsp3) is 0.600. The Labute approximate surface area is 105 Å². The van der Waals surface area contributed by atoms with Crippen molar-refractivity contribution in [3.63, 3.8) is 0 Å². The summed E-state index contributed by atoms with van der Waals surface area (Å²) in [5.41, 5.74) is 2.42. The highest BCUT2D eigenvalue weighted by molar-refractivity contribution is 6.32. The third-order valence-electron chi connectivity index (χ3n) is 2.75. The SMILES string of the molecule is CCC1CN(c2nc(NN)ncc2Cl)CCO1. The van der Waals surface area contributed by atoms with Crippen molar-refractivity contribution in [3.8, 4) is 0 Å². The van der Waals surface area contributed by atoms with Crippen molar-refractivity contribution in [1.29, 1.82) is 0 Å². The molecular weight excluding hydrogens is 242 g/mol. The van der Waals surface area contributed by atoms with Crippen molar-refractivity contribution in [3.05, 3.63) is 11.2 Å². The summed E-state index contributed by atoms with van der Waals surface area (Å²) in [6, 6.07) is 0. The predicted octanol–water partition coefficient (Wildman–Crippen LogP) is 1.03. The van der Waals surface area contributed by atoms with Crippen molar-refractivity contribution >= 4 is 23.4 Å². The standard InChI is InChI=1S/C10H16ClN5O/c1-2-7-6-16(3-4-17-7)9-8(11)5-13-10(14-9)15-12/h5,7H,2-4,6,12H2,1H3,(H,13,14,15). The molecule has 1 aromatic rings. The first-order chi connectivity index (χ1) is 8.24. The summed E-state index contributed by atoms with van der Waals surface area (Å²) in [5, 5.41) is 0.528. The monoisotopic (exact) mass is 257 g/mol. The molecule has 1 aliphatic rings. The van der Waals surface area contributed by atoms with E-state index >= 15 is 0 Å². The third-order valence-corrected chi connectivity index (χ3v) is 3.01. The van der Waals surface area contributed by atoms with Crippen LogP contribution < -0.4 is 16.2 Å². The molecule has 1 unspecified atom stereocenters. The van der Waals surface area contributed by atoms with Gasteiger partial charge in [0, 0.05) is 13.1 Å². The number of hydrogen-bond acceptors (Lipinski definition) is 6. The molecule has 0 amide bonds. The smallest absolute Gasteiger partial charge is 0.239 e. The Morgan fingerprint density at radius 1 is 1.71 bits per heavy atom. The van der Waals surface area contributed by atoms with E-state index in [4.69, 9.17) is 22.2 Å². The maximum Gasteiger partial charge on any atom is 0.239 e. The van der Waals surface area contributed by atoms with Crippen LogP contribution >= 0.6 is 11.6 Å². The van der Waals surface area contributed by atoms with Crippen molar-refractivity contribution in [2.24, 2.45) is 5.84 Å². The maximum atomic E-state index is 6.10. The average Bonchev–Trinajstić information content (AvgIpc) is 2.39. The number of anilines is 2. The molecule has 1 saturated heterocycles. The molecule has 17 heavy (non-hydrogen) atoms. The van der Waals surface area contributed by atoms with Crippen LogP contribution in [-0.2, 0) is 4.74 Å². The van der Waals surface area contributed by atoms with Crippen molar-refractivity contribution in [2.75, 3.05) is 30.0 Å². The summed E-state index contributed by atoms with van der Waals surface area (Å²) in [5.74, 6) is 6.36. The summed E-state index contributed by atoms with van der Waals surface area (Å²) in [6.45, 7) is 4.35. The first-order valence-corrected chi connectivity index (χ1v) is 5.98. The quantitative estimate of drug-likeness (QED) is 0.622. The van der Waals surface area contributed by atoms with Crippen LogP contribution in [0, 0.1) is 0 Å². The minimum atomic E-state index is 0.226. The Bertz CT molecular complexity index is 389. The number of halogens is 1. The molecular formula is C10H16ClN5O. The molecule has 0 saturated carbocycles. The number of rotatable bonds is 3. The van der Waals surface area contributed by atoms with Crippen LogP contribution in [0.1, 0.15) is 13.3 Å². The first-order valence-electron chi connectivity index (χ1n) is 5.60. The minimum Gasteiger partial charge on any atom is -0.375 e. The van der Waals surface area contributed by atoms with Gasteiger partial charge in [0.05, 0.1) is 18.9 Å². The second-order valence-corrected chi connectivity index (χ2v) is 4.26. The van der Waals surface area contributed by atoms with Crippen molar-refractivity contribution in [1.82, 2.24) is 9.97 Å². The highest BCUT2D eigenvalue weighted by Gasteiger charge is 2.22. The highest BCUT2D eigenvalue weighted by atomic mass is 35.5. The van der Waals surface area contributed by atoms with E-state index < -0.39 is 0 Å². The van der Waals surface area contributed by atoms with Gasteiger partial charge in [0.15, 0.2) is 5.82 Å². The molecule has 0 aromatic carbocycles. The number of nitrogens with zero attached hydrogens (tertiary/aromatic N) is 3. The zero-order chi connectivity index (χ0) is 12.3. The highest BCUT2D eigenvalue weighted by Crippen LogP contribution is 2.25. The summed E-state index contributed by atoms with van der Waals surface area (Å²) in [6.07, 6.45) is 2.75. The minimum absolute atomic E-state index is 0.226. The average molecular weight is 258 g/mol. The van der Waals surface area contributed by atoms with Gasteiger partial charge in [-0.3, -0.25) is 5.43 Å². The van der Waals surface area contributed by atoms with Gasteiger partial charge in [-0.15, -0.1) is 0 Å². The molecule has 94 valence electrons. The maximum absolute atomic E-state index is 6.10. The van der Waals surface area contributed by atoms with Crippen molar-refractivity contribution in [2.45, 2.75) is 19.4 Å². The van der Waals surface area contributed by atoms with Crippen LogP contribution in [-0.4, -0.2) is 35.8 Å². The molecule has 0 bridgehead atoms. The number of hydrazine groups is 1. The third kappa shape index (κ3) is 2.77. The van der Waals surface area contributed by atoms with Crippen molar-refractivity contribution < 1.29 is 4.74 Å². The second kappa shape index (κ2) is 5.48. The van der Waals surface area contributed by atoms with E-state index in [9.17, 15) is 0 Å². The van der Waals surface area contributed by atoms with E-state index in [2.05, 4.69) is 27.2 Å². The van der Waals surface area contributed by atoms with E-state index in [0.717, 1.165) is 19.5 Å². The number of hydrogen-bond donors (Lipinski definition) is 2. The summed E-state index contributed by atoms with van der Waals surface area (Å²) in [4.78, 5) is 10.3. The number of nitrogens with one attached hydrogen (secondary N) is 1. The van der Waals surface area contributed by atoms with E-state index in [0.29, 0.717) is 23.4 Å². The van der Waals surface area contributed by atoms with Gasteiger partial charge in [-0.2, -0.15) is 4.98 Å². The Morgan fingerprint density at radius 3 is 3.24 bits per heavy atom. The van der Waals surface area contributed by atoms with Crippen LogP contribution in [0.5, 0.6) is 0 Å². The van der Waals surface area contributed by atoms with Crippen LogP contribution in [0.4, 0.5) is 11.8 Å². The van der Waals surface area contributed by atoms with Gasteiger partial charge in [-0.25, -0.2) is 10.8 Å². The van der Waals surface area contributed by atoms with Gasteiger partial charge in [-0.05, 0) is 6.42 Å². The fourth-order valence-corrected chi connectivity index (χ4v) is 2.02. The lowest BCUT2D eigenvalue weighted by Gasteiger charge is -2.33. The summed E-state index contributed by atoms with van der Waals surface area (Å²) >= 11 is 6.10. The Balaban J connectivity index is 2.20. The number of aromatic nitrogens is 2. The molecule has 1 atom stereocenters. The lowest BCUT2D eigenvalue weighted by Crippen LogP contribution is -2.42. The van der Waals surface area contributed by atoms with E-state index in [-0.39, 0.29) is 6.10 Å². The lowest BCUT2D eigenvalue weighted by molar-refractivity contribution is 0.0382. The van der Waals surface area contributed by atoms with Gasteiger partial charge in [0.1, 0.15) is 5.02 Å².